The van der Waals surface area contributed by atoms with Crippen LogP contribution < -0.4 is 5.32 Å². The van der Waals surface area contributed by atoms with Crippen LogP contribution in [0.3, 0.4) is 0 Å². The Morgan fingerprint density at radius 2 is 1.85 bits per heavy atom. The summed E-state index contributed by atoms with van der Waals surface area (Å²) >= 11 is 0. The van der Waals surface area contributed by atoms with Crippen LogP contribution in [-0.4, -0.2) is 29.4 Å². The summed E-state index contributed by atoms with van der Waals surface area (Å²) in [6.07, 6.45) is 0. The van der Waals surface area contributed by atoms with Gasteiger partial charge >= 0.3 is 11.9 Å². The normalized spacial score (nSPS) is 11.2. The highest BCUT2D eigenvalue weighted by molar-refractivity contribution is 7.90. The Hall–Kier alpha value is -3.54. The van der Waals surface area contributed by atoms with Crippen molar-refractivity contribution in [2.75, 3.05) is 5.32 Å². The average Bonchev–Trinajstić information content (AvgIpc) is 3.25. The first kappa shape index (κ1) is 17.3. The summed E-state index contributed by atoms with van der Waals surface area (Å²) in [4.78, 5) is 21.7. The van der Waals surface area contributed by atoms with Crippen molar-refractivity contribution in [3.05, 3.63) is 64.2 Å². The third-order valence-electron chi connectivity index (χ3n) is 3.10. The molecular weight excluding hydrogens is 368 g/mol. The van der Waals surface area contributed by atoms with Gasteiger partial charge in [-0.2, -0.15) is 0 Å². The summed E-state index contributed by atoms with van der Waals surface area (Å²) in [5.41, 5.74) is 0. The van der Waals surface area contributed by atoms with Gasteiger partial charge in [-0.05, 0) is 18.2 Å². The van der Waals surface area contributed by atoms with E-state index >= 15 is 0 Å². The van der Waals surface area contributed by atoms with E-state index in [1.54, 1.807) is 18.2 Å². The molecule has 3 aromatic rings. The van der Waals surface area contributed by atoms with Gasteiger partial charge in [0.2, 0.25) is 5.89 Å². The van der Waals surface area contributed by atoms with E-state index in [2.05, 4.69) is 15.5 Å². The Morgan fingerprint density at radius 3 is 2.50 bits per heavy atom. The SMILES string of the molecule is O=C(Nc1nnc(CS(=O)(=O)c2ccccc2)o1)c1ccc([N+](=O)[O-])o1. The number of nitrogens with one attached hydrogen (secondary N) is 1. The van der Waals surface area contributed by atoms with E-state index in [-0.39, 0.29) is 22.6 Å². The third kappa shape index (κ3) is 3.75. The summed E-state index contributed by atoms with van der Waals surface area (Å²) in [6.45, 7) is 0. The molecule has 0 atom stereocenters. The van der Waals surface area contributed by atoms with Crippen molar-refractivity contribution in [2.45, 2.75) is 10.6 Å². The molecule has 26 heavy (non-hydrogen) atoms. The first-order chi connectivity index (χ1) is 12.3. The number of amides is 1. The lowest BCUT2D eigenvalue weighted by Gasteiger charge is -2.00. The maximum absolute atomic E-state index is 12.2. The second kappa shape index (κ2) is 6.76. The number of hydrogen-bond acceptors (Lipinski definition) is 9. The predicted molar refractivity (Wildman–Crippen MR) is 84.9 cm³/mol. The topological polar surface area (TPSA) is 158 Å². The van der Waals surface area contributed by atoms with E-state index in [0.717, 1.165) is 12.1 Å². The van der Waals surface area contributed by atoms with Gasteiger partial charge in [0, 0.05) is 0 Å². The fourth-order valence-electron chi connectivity index (χ4n) is 1.94. The molecule has 3 rings (SSSR count). The average molecular weight is 378 g/mol. The number of furan rings is 1. The zero-order chi connectivity index (χ0) is 18.7. The molecule has 1 aromatic carbocycles. The van der Waals surface area contributed by atoms with E-state index in [4.69, 9.17) is 8.83 Å². The summed E-state index contributed by atoms with van der Waals surface area (Å²) in [5.74, 6) is -2.58. The van der Waals surface area contributed by atoms with Gasteiger partial charge < -0.3 is 8.83 Å². The van der Waals surface area contributed by atoms with Gasteiger partial charge in [-0.3, -0.25) is 20.2 Å². The number of nitrogens with zero attached hydrogens (tertiary/aromatic N) is 3. The van der Waals surface area contributed by atoms with Crippen LogP contribution in [-0.2, 0) is 15.6 Å². The van der Waals surface area contributed by atoms with Crippen molar-refractivity contribution < 1.29 is 27.0 Å². The first-order valence-electron chi connectivity index (χ1n) is 7.01. The maximum Gasteiger partial charge on any atom is 0.433 e. The Morgan fingerprint density at radius 1 is 1.12 bits per heavy atom. The van der Waals surface area contributed by atoms with Gasteiger partial charge in [0.15, 0.2) is 15.6 Å². The Labute approximate surface area is 145 Å². The van der Waals surface area contributed by atoms with Crippen LogP contribution in [0.1, 0.15) is 16.4 Å². The molecule has 0 bridgehead atoms. The van der Waals surface area contributed by atoms with Gasteiger partial charge in [-0.25, -0.2) is 8.42 Å². The van der Waals surface area contributed by atoms with Crippen molar-refractivity contribution >= 4 is 27.6 Å². The quantitative estimate of drug-likeness (QED) is 0.498. The van der Waals surface area contributed by atoms with Crippen molar-refractivity contribution in [2.24, 2.45) is 0 Å². The molecule has 0 aliphatic carbocycles. The van der Waals surface area contributed by atoms with Crippen LogP contribution in [0.25, 0.3) is 0 Å². The molecular formula is C14H10N4O7S. The van der Waals surface area contributed by atoms with Crippen molar-refractivity contribution in [3.8, 4) is 0 Å². The lowest BCUT2D eigenvalue weighted by molar-refractivity contribution is -0.402. The van der Waals surface area contributed by atoms with Crippen LogP contribution in [0.2, 0.25) is 0 Å². The van der Waals surface area contributed by atoms with E-state index in [1.807, 2.05) is 0 Å². The molecule has 0 fully saturated rings. The zero-order valence-corrected chi connectivity index (χ0v) is 13.7. The van der Waals surface area contributed by atoms with Gasteiger partial charge in [-0.1, -0.05) is 23.3 Å². The highest BCUT2D eigenvalue weighted by Gasteiger charge is 2.22. The lowest BCUT2D eigenvalue weighted by Crippen LogP contribution is -2.11. The molecule has 0 aliphatic heterocycles. The monoisotopic (exact) mass is 378 g/mol. The minimum Gasteiger partial charge on any atom is -0.407 e. The van der Waals surface area contributed by atoms with Crippen LogP contribution in [0.5, 0.6) is 0 Å². The molecule has 2 aromatic heterocycles. The van der Waals surface area contributed by atoms with Crippen molar-refractivity contribution in [3.63, 3.8) is 0 Å². The Kier molecular flexibility index (Phi) is 4.49. The summed E-state index contributed by atoms with van der Waals surface area (Å²) in [6, 6.07) is 9.44. The van der Waals surface area contributed by atoms with Gasteiger partial charge in [0.25, 0.3) is 5.91 Å². The van der Waals surface area contributed by atoms with Crippen LogP contribution in [0, 0.1) is 10.1 Å². The lowest BCUT2D eigenvalue weighted by atomic mass is 10.4. The largest absolute Gasteiger partial charge is 0.433 e. The fraction of sp³-hybridized carbons (Fsp3) is 0.0714. The molecule has 11 nitrogen and oxygen atoms in total. The van der Waals surface area contributed by atoms with E-state index in [9.17, 15) is 23.3 Å². The second-order valence-corrected chi connectivity index (χ2v) is 6.91. The fourth-order valence-corrected chi connectivity index (χ4v) is 3.12. The molecule has 1 amide bonds. The number of sulfone groups is 1. The molecule has 0 radical (unpaired) electrons. The molecule has 0 saturated carbocycles. The van der Waals surface area contributed by atoms with Crippen molar-refractivity contribution in [1.29, 1.82) is 0 Å². The molecule has 0 unspecified atom stereocenters. The molecule has 1 N–H and O–H groups in total. The number of anilines is 1. The number of nitro groups is 1. The van der Waals surface area contributed by atoms with Crippen LogP contribution in [0.4, 0.5) is 11.9 Å². The number of hydrogen-bond donors (Lipinski definition) is 1. The van der Waals surface area contributed by atoms with E-state index in [1.165, 1.54) is 12.1 Å². The minimum absolute atomic E-state index is 0.0895. The third-order valence-corrected chi connectivity index (χ3v) is 4.72. The standard InChI is InChI=1S/C14H10N4O7S/c19-13(10-6-7-12(24-10)18(20)21)15-14-17-16-11(25-14)8-26(22,23)9-4-2-1-3-5-9/h1-7H,8H2,(H,15,17,19). The van der Waals surface area contributed by atoms with Crippen LogP contribution in [0.15, 0.2) is 56.2 Å². The summed E-state index contributed by atoms with van der Waals surface area (Å²) in [5, 5.41) is 19.8. The number of rotatable bonds is 6. The van der Waals surface area contributed by atoms with E-state index < -0.39 is 32.3 Å². The second-order valence-electron chi connectivity index (χ2n) is 4.92. The number of carbonyl (C=O) groups is 1. The predicted octanol–water partition coefficient (Wildman–Crippen LogP) is 1.80. The molecule has 0 aliphatic rings. The highest BCUT2D eigenvalue weighted by Crippen LogP contribution is 2.19. The highest BCUT2D eigenvalue weighted by atomic mass is 32.2. The first-order valence-corrected chi connectivity index (χ1v) is 8.66. The molecule has 2 heterocycles. The number of carbonyl (C=O) groups excluding carboxylic acids is 1. The van der Waals surface area contributed by atoms with Crippen LogP contribution >= 0.6 is 0 Å². The summed E-state index contributed by atoms with van der Waals surface area (Å²) < 4.78 is 34.3. The Balaban J connectivity index is 1.70. The van der Waals surface area contributed by atoms with E-state index in [0.29, 0.717) is 0 Å². The van der Waals surface area contributed by atoms with Crippen molar-refractivity contribution in [1.82, 2.24) is 10.2 Å². The summed E-state index contributed by atoms with van der Waals surface area (Å²) in [7, 11) is -3.69. The molecule has 134 valence electrons. The van der Waals surface area contributed by atoms with Gasteiger partial charge in [0.1, 0.15) is 10.7 Å². The number of aromatic nitrogens is 2. The molecule has 0 spiro atoms. The van der Waals surface area contributed by atoms with Gasteiger partial charge in [-0.15, -0.1) is 5.10 Å². The maximum atomic E-state index is 12.2. The smallest absolute Gasteiger partial charge is 0.407 e. The zero-order valence-electron chi connectivity index (χ0n) is 12.9. The number of benzene rings is 1. The molecule has 12 heteroatoms. The molecule has 0 saturated heterocycles. The van der Waals surface area contributed by atoms with Gasteiger partial charge in [0.05, 0.1) is 11.0 Å². The Bertz CT molecular complexity index is 1060. The minimum atomic E-state index is -3.69.